The van der Waals surface area contributed by atoms with Crippen molar-refractivity contribution in [1.29, 1.82) is 0 Å². The molecule has 0 fully saturated rings. The van der Waals surface area contributed by atoms with Gasteiger partial charge in [-0.2, -0.15) is 0 Å². The number of aliphatic hydroxyl groups is 1. The van der Waals surface area contributed by atoms with Crippen molar-refractivity contribution in [2.45, 2.75) is 26.5 Å². The van der Waals surface area contributed by atoms with Crippen molar-refractivity contribution < 1.29 is 33.6 Å². The Morgan fingerprint density at radius 2 is 1.69 bits per heavy atom. The molecule has 0 aliphatic rings. The summed E-state index contributed by atoms with van der Waals surface area (Å²) in [5, 5.41) is 11.6. The molecule has 1 unspecified atom stereocenters. The maximum absolute atomic E-state index is 13.6. The second kappa shape index (κ2) is 13.8. The number of anilines is 1. The first-order valence-electron chi connectivity index (χ1n) is 12.2. The van der Waals surface area contributed by atoms with Crippen LogP contribution < -0.4 is 19.1 Å². The molecule has 0 saturated heterocycles. The van der Waals surface area contributed by atoms with Gasteiger partial charge in [-0.1, -0.05) is 28.1 Å². The number of carbonyl (C=O) groups excluding carboxylic acids is 2. The van der Waals surface area contributed by atoms with Gasteiger partial charge in [0.25, 0.3) is 5.91 Å². The Bertz CT molecular complexity index is 1360. The minimum Gasteiger partial charge on any atom is -0.497 e. The van der Waals surface area contributed by atoms with Gasteiger partial charge >= 0.3 is 5.97 Å². The molecule has 9 heteroatoms. The van der Waals surface area contributed by atoms with Gasteiger partial charge < -0.3 is 29.0 Å². The Morgan fingerprint density at radius 3 is 2.36 bits per heavy atom. The molecule has 3 aromatic rings. The van der Waals surface area contributed by atoms with Gasteiger partial charge in [0.05, 0.1) is 40.2 Å². The quantitative estimate of drug-likeness (QED) is 0.230. The van der Waals surface area contributed by atoms with Crippen molar-refractivity contribution in [3.63, 3.8) is 0 Å². The molecular formula is C30H32BrNO7. The molecule has 1 N–H and O–H groups in total. The number of hydrogen-bond acceptors (Lipinski definition) is 7. The Balaban J connectivity index is 2.15. The lowest BCUT2D eigenvalue weighted by Crippen LogP contribution is -2.30. The van der Waals surface area contributed by atoms with E-state index in [0.29, 0.717) is 39.6 Å². The summed E-state index contributed by atoms with van der Waals surface area (Å²) < 4.78 is 22.0. The predicted octanol–water partition coefficient (Wildman–Crippen LogP) is 5.52. The van der Waals surface area contributed by atoms with Crippen LogP contribution >= 0.6 is 15.9 Å². The molecule has 206 valence electrons. The molecule has 1 atom stereocenters. The van der Waals surface area contributed by atoms with Gasteiger partial charge in [0, 0.05) is 33.8 Å². The monoisotopic (exact) mass is 597 g/mol. The topological polar surface area (TPSA) is 94.5 Å². The first-order chi connectivity index (χ1) is 18.7. The van der Waals surface area contributed by atoms with E-state index in [9.17, 15) is 14.7 Å². The number of rotatable bonds is 11. The number of carbonyl (C=O) groups is 2. The molecule has 0 aromatic heterocycles. The van der Waals surface area contributed by atoms with Crippen molar-refractivity contribution in [2.24, 2.45) is 0 Å². The normalized spacial score (nSPS) is 11.7. The number of benzene rings is 3. The summed E-state index contributed by atoms with van der Waals surface area (Å²) in [6.45, 7) is 3.82. The van der Waals surface area contributed by atoms with E-state index in [1.807, 2.05) is 19.1 Å². The number of esters is 1. The average Bonchev–Trinajstić information content (AvgIpc) is 2.94. The lowest BCUT2D eigenvalue weighted by molar-refractivity contribution is -0.137. The smallest absolute Gasteiger partial charge is 0.330 e. The van der Waals surface area contributed by atoms with E-state index in [1.165, 1.54) is 12.0 Å². The first-order valence-corrected chi connectivity index (χ1v) is 13.0. The summed E-state index contributed by atoms with van der Waals surface area (Å²) in [7, 11) is 4.66. The van der Waals surface area contributed by atoms with Crippen LogP contribution in [0.3, 0.4) is 0 Å². The van der Waals surface area contributed by atoms with Crippen LogP contribution in [-0.4, -0.2) is 44.9 Å². The SMILES string of the molecule is CCOC(=O)/C=C/C(=O)N(Cc1ccc(OC)cc1OC)c1ccc(Br)cc1C(O)c1cccc(OC)c1C. The zero-order valence-electron chi connectivity index (χ0n) is 22.6. The summed E-state index contributed by atoms with van der Waals surface area (Å²) in [6, 6.07) is 16.0. The molecule has 0 bridgehead atoms. The lowest BCUT2D eigenvalue weighted by Gasteiger charge is -2.28. The molecule has 0 saturated carbocycles. The molecule has 0 radical (unpaired) electrons. The van der Waals surface area contributed by atoms with E-state index in [0.717, 1.165) is 22.2 Å². The highest BCUT2D eigenvalue weighted by molar-refractivity contribution is 9.10. The fraction of sp³-hybridized carbons (Fsp3) is 0.267. The number of amides is 1. The third-order valence-corrected chi connectivity index (χ3v) is 6.65. The Hall–Kier alpha value is -3.82. The lowest BCUT2D eigenvalue weighted by atomic mass is 9.95. The maximum Gasteiger partial charge on any atom is 0.330 e. The molecular weight excluding hydrogens is 566 g/mol. The van der Waals surface area contributed by atoms with Gasteiger partial charge in [0.15, 0.2) is 0 Å². The number of ether oxygens (including phenoxy) is 4. The largest absolute Gasteiger partial charge is 0.497 e. The molecule has 0 spiro atoms. The van der Waals surface area contributed by atoms with Gasteiger partial charge in [0.1, 0.15) is 23.4 Å². The van der Waals surface area contributed by atoms with E-state index >= 15 is 0 Å². The number of methoxy groups -OCH3 is 3. The van der Waals surface area contributed by atoms with Crippen molar-refractivity contribution in [3.8, 4) is 17.2 Å². The molecule has 0 heterocycles. The zero-order valence-corrected chi connectivity index (χ0v) is 24.2. The van der Waals surface area contributed by atoms with Crippen LogP contribution in [0.5, 0.6) is 17.2 Å². The number of hydrogen-bond donors (Lipinski definition) is 1. The molecule has 8 nitrogen and oxygen atoms in total. The summed E-state index contributed by atoms with van der Waals surface area (Å²) in [5.74, 6) is 0.639. The fourth-order valence-electron chi connectivity index (χ4n) is 4.16. The maximum atomic E-state index is 13.6. The minimum atomic E-state index is -1.09. The third-order valence-electron chi connectivity index (χ3n) is 6.15. The Labute approximate surface area is 236 Å². The van der Waals surface area contributed by atoms with E-state index in [4.69, 9.17) is 18.9 Å². The van der Waals surface area contributed by atoms with Crippen LogP contribution in [0.25, 0.3) is 0 Å². The van der Waals surface area contributed by atoms with Gasteiger partial charge in [0.2, 0.25) is 0 Å². The molecule has 0 aliphatic carbocycles. The first kappa shape index (κ1) is 29.7. The van der Waals surface area contributed by atoms with E-state index in [1.54, 1.807) is 63.6 Å². The van der Waals surface area contributed by atoms with Gasteiger partial charge in [-0.3, -0.25) is 4.79 Å². The average molecular weight is 598 g/mol. The molecule has 0 aliphatic heterocycles. The van der Waals surface area contributed by atoms with Crippen molar-refractivity contribution in [2.75, 3.05) is 32.8 Å². The van der Waals surface area contributed by atoms with E-state index < -0.39 is 18.0 Å². The summed E-state index contributed by atoms with van der Waals surface area (Å²) >= 11 is 3.49. The van der Waals surface area contributed by atoms with Crippen LogP contribution in [0, 0.1) is 6.92 Å². The highest BCUT2D eigenvalue weighted by Gasteiger charge is 2.25. The summed E-state index contributed by atoms with van der Waals surface area (Å²) in [4.78, 5) is 27.0. The highest BCUT2D eigenvalue weighted by atomic mass is 79.9. The fourth-order valence-corrected chi connectivity index (χ4v) is 4.54. The van der Waals surface area contributed by atoms with E-state index in [-0.39, 0.29) is 13.2 Å². The molecule has 1 amide bonds. The second-order valence-corrected chi connectivity index (χ2v) is 9.38. The van der Waals surface area contributed by atoms with Crippen molar-refractivity contribution in [3.05, 3.63) is 93.5 Å². The highest BCUT2D eigenvalue weighted by Crippen LogP contribution is 2.38. The van der Waals surface area contributed by atoms with Crippen molar-refractivity contribution in [1.82, 2.24) is 0 Å². The minimum absolute atomic E-state index is 0.0810. The van der Waals surface area contributed by atoms with Crippen LogP contribution in [-0.2, 0) is 20.9 Å². The zero-order chi connectivity index (χ0) is 28.5. The predicted molar refractivity (Wildman–Crippen MR) is 152 cm³/mol. The second-order valence-electron chi connectivity index (χ2n) is 8.47. The van der Waals surface area contributed by atoms with Gasteiger partial charge in [-0.05, 0) is 61.4 Å². The number of nitrogens with zero attached hydrogens (tertiary/aromatic N) is 1. The molecule has 3 rings (SSSR count). The van der Waals surface area contributed by atoms with Crippen LogP contribution in [0.4, 0.5) is 5.69 Å². The van der Waals surface area contributed by atoms with Crippen LogP contribution in [0.1, 0.15) is 35.3 Å². The van der Waals surface area contributed by atoms with Crippen LogP contribution in [0.2, 0.25) is 0 Å². The molecule has 3 aromatic carbocycles. The summed E-state index contributed by atoms with van der Waals surface area (Å²) in [5.41, 5.74) is 3.02. The van der Waals surface area contributed by atoms with Crippen molar-refractivity contribution >= 4 is 33.5 Å². The Kier molecular flexibility index (Phi) is 10.5. The Morgan fingerprint density at radius 1 is 0.949 bits per heavy atom. The van der Waals surface area contributed by atoms with Crippen LogP contribution in [0.15, 0.2) is 71.2 Å². The number of aliphatic hydroxyl groups excluding tert-OH is 1. The van der Waals surface area contributed by atoms with E-state index in [2.05, 4.69) is 15.9 Å². The third kappa shape index (κ3) is 7.19. The summed E-state index contributed by atoms with van der Waals surface area (Å²) in [6.07, 6.45) is 1.16. The standard InChI is InChI=1S/C30H32BrNO7/c1-6-39-29(34)15-14-28(33)32(18-20-10-12-22(36-3)17-27(20)38-5)25-13-11-21(31)16-24(25)30(35)23-8-7-9-26(37-4)19(23)2/h7-17,30,35H,6,18H2,1-5H3/b15-14+. The number of halogens is 1. The van der Waals surface area contributed by atoms with Gasteiger partial charge in [-0.15, -0.1) is 0 Å². The molecule has 39 heavy (non-hydrogen) atoms. The van der Waals surface area contributed by atoms with Gasteiger partial charge in [-0.25, -0.2) is 4.79 Å².